The van der Waals surface area contributed by atoms with Crippen LogP contribution < -0.4 is 0 Å². The normalized spacial score (nSPS) is 21.9. The van der Waals surface area contributed by atoms with Crippen molar-refractivity contribution in [1.82, 2.24) is 0 Å². The van der Waals surface area contributed by atoms with E-state index < -0.39 is 0 Å². The van der Waals surface area contributed by atoms with Gasteiger partial charge < -0.3 is 0 Å². The van der Waals surface area contributed by atoms with Gasteiger partial charge in [0, 0.05) is 0 Å². The summed E-state index contributed by atoms with van der Waals surface area (Å²) in [6, 6.07) is 10.5. The van der Waals surface area contributed by atoms with Crippen LogP contribution in [0.15, 0.2) is 30.3 Å². The molecule has 1 saturated carbocycles. The minimum atomic E-state index is 0.622. The van der Waals surface area contributed by atoms with E-state index >= 15 is 0 Å². The minimum Gasteiger partial charge on any atom is -0.0683 e. The molecule has 1 fully saturated rings. The molecule has 0 saturated heterocycles. The molecule has 0 heteroatoms. The quantitative estimate of drug-likeness (QED) is 0.497. The zero-order valence-electron chi connectivity index (χ0n) is 16.9. The lowest BCUT2D eigenvalue weighted by Gasteiger charge is -2.37. The lowest BCUT2D eigenvalue weighted by atomic mass is 9.69. The van der Waals surface area contributed by atoms with Crippen LogP contribution in [0.2, 0.25) is 0 Å². The van der Waals surface area contributed by atoms with Crippen LogP contribution in [0.1, 0.15) is 87.1 Å². The molecule has 0 nitrogen and oxygen atoms in total. The molecule has 0 amide bonds. The average Bonchev–Trinajstić information content (AvgIpc) is 2.50. The van der Waals surface area contributed by atoms with Gasteiger partial charge in [0.2, 0.25) is 0 Å². The van der Waals surface area contributed by atoms with Crippen LogP contribution in [0.4, 0.5) is 0 Å². The standard InChI is InChI=1S/C10H20.C8H10.2C2H6/c1-8-5-9(2)7-10(3,4)6-8;1-2-8-6-4-3-5-7-8;2*1-2/h8-9H,5-7H2,1-4H3;3-7H,2H2,1H3;2*1-2H3. The van der Waals surface area contributed by atoms with Crippen LogP contribution in [0, 0.1) is 17.3 Å². The number of aryl methyl sites for hydroxylation is 1. The SMILES string of the molecule is CC.CC.CC1CC(C)CC(C)(C)C1.CCc1ccccc1. The largest absolute Gasteiger partial charge is 0.0683 e. The predicted octanol–water partition coefficient (Wildman–Crippen LogP) is 7.77. The Kier molecular flexibility index (Phi) is 14.8. The maximum atomic E-state index is 2.40. The lowest BCUT2D eigenvalue weighted by Crippen LogP contribution is -2.25. The number of hydrogen-bond donors (Lipinski definition) is 0. The van der Waals surface area contributed by atoms with Crippen LogP contribution in [0.25, 0.3) is 0 Å². The summed E-state index contributed by atoms with van der Waals surface area (Å²) in [6.07, 6.45) is 5.44. The third-order valence-electron chi connectivity index (χ3n) is 3.86. The fourth-order valence-corrected chi connectivity index (χ4v) is 3.54. The molecule has 1 aliphatic carbocycles. The molecule has 0 radical (unpaired) electrons. The first kappa shape index (κ1) is 23.5. The van der Waals surface area contributed by atoms with Gasteiger partial charge in [-0.05, 0) is 48.5 Å². The van der Waals surface area contributed by atoms with Crippen molar-refractivity contribution in [1.29, 1.82) is 0 Å². The Hall–Kier alpha value is -0.780. The summed E-state index contributed by atoms with van der Waals surface area (Å²) >= 11 is 0. The minimum absolute atomic E-state index is 0.622. The first-order valence-corrected chi connectivity index (χ1v) is 9.47. The zero-order chi connectivity index (χ0) is 17.6. The maximum Gasteiger partial charge on any atom is -0.0307 e. The maximum absolute atomic E-state index is 2.40. The molecular formula is C22H42. The first-order chi connectivity index (χ1) is 10.4. The second-order valence-corrected chi connectivity index (χ2v) is 6.86. The summed E-state index contributed by atoms with van der Waals surface area (Å²) in [5.74, 6) is 1.91. The summed E-state index contributed by atoms with van der Waals surface area (Å²) in [6.45, 7) is 19.7. The molecule has 2 atom stereocenters. The monoisotopic (exact) mass is 306 g/mol. The third kappa shape index (κ3) is 11.8. The topological polar surface area (TPSA) is 0 Å². The van der Waals surface area contributed by atoms with E-state index in [-0.39, 0.29) is 0 Å². The summed E-state index contributed by atoms with van der Waals surface area (Å²) in [5, 5.41) is 0. The zero-order valence-corrected chi connectivity index (χ0v) is 16.9. The summed E-state index contributed by atoms with van der Waals surface area (Å²) in [7, 11) is 0. The second kappa shape index (κ2) is 13.9. The van der Waals surface area contributed by atoms with Gasteiger partial charge in [-0.1, -0.05) is 92.6 Å². The molecule has 0 N–H and O–H groups in total. The summed E-state index contributed by atoms with van der Waals surface area (Å²) in [5.41, 5.74) is 2.03. The molecule has 1 aromatic carbocycles. The van der Waals surface area contributed by atoms with Crippen LogP contribution >= 0.6 is 0 Å². The average molecular weight is 307 g/mol. The molecule has 1 aliphatic rings. The van der Waals surface area contributed by atoms with Crippen molar-refractivity contribution in [3.05, 3.63) is 35.9 Å². The fraction of sp³-hybridized carbons (Fsp3) is 0.727. The molecular weight excluding hydrogens is 264 g/mol. The molecule has 130 valence electrons. The van der Waals surface area contributed by atoms with Gasteiger partial charge >= 0.3 is 0 Å². The third-order valence-corrected chi connectivity index (χ3v) is 3.86. The van der Waals surface area contributed by atoms with E-state index in [4.69, 9.17) is 0 Å². The van der Waals surface area contributed by atoms with Crippen molar-refractivity contribution in [2.45, 2.75) is 88.0 Å². The smallest absolute Gasteiger partial charge is 0.0307 e. The van der Waals surface area contributed by atoms with E-state index in [0.717, 1.165) is 18.3 Å². The number of benzene rings is 1. The highest BCUT2D eigenvalue weighted by Gasteiger charge is 2.29. The summed E-state index contributed by atoms with van der Waals surface area (Å²) < 4.78 is 0. The lowest BCUT2D eigenvalue weighted by molar-refractivity contribution is 0.143. The number of hydrogen-bond acceptors (Lipinski definition) is 0. The van der Waals surface area contributed by atoms with Gasteiger partial charge in [-0.15, -0.1) is 0 Å². The van der Waals surface area contributed by atoms with Crippen molar-refractivity contribution in [2.75, 3.05) is 0 Å². The van der Waals surface area contributed by atoms with E-state index in [2.05, 4.69) is 58.9 Å². The van der Waals surface area contributed by atoms with E-state index in [1.54, 1.807) is 0 Å². The Morgan fingerprint density at radius 3 is 1.55 bits per heavy atom. The fourth-order valence-electron chi connectivity index (χ4n) is 3.54. The van der Waals surface area contributed by atoms with Gasteiger partial charge in [0.15, 0.2) is 0 Å². The molecule has 0 heterocycles. The van der Waals surface area contributed by atoms with Gasteiger partial charge in [0.05, 0.1) is 0 Å². The number of rotatable bonds is 1. The van der Waals surface area contributed by atoms with Gasteiger partial charge in [0.25, 0.3) is 0 Å². The second-order valence-electron chi connectivity index (χ2n) is 6.86. The Morgan fingerprint density at radius 2 is 1.27 bits per heavy atom. The Labute approximate surface area is 141 Å². The van der Waals surface area contributed by atoms with Crippen LogP contribution in [-0.2, 0) is 6.42 Å². The first-order valence-electron chi connectivity index (χ1n) is 9.47. The van der Waals surface area contributed by atoms with Crippen molar-refractivity contribution in [2.24, 2.45) is 17.3 Å². The van der Waals surface area contributed by atoms with Crippen molar-refractivity contribution >= 4 is 0 Å². The van der Waals surface area contributed by atoms with E-state index in [0.29, 0.717) is 5.41 Å². The van der Waals surface area contributed by atoms with E-state index in [1.165, 1.54) is 24.8 Å². The highest BCUT2D eigenvalue weighted by molar-refractivity contribution is 5.13. The van der Waals surface area contributed by atoms with Gasteiger partial charge in [-0.3, -0.25) is 0 Å². The predicted molar refractivity (Wildman–Crippen MR) is 104 cm³/mol. The van der Waals surface area contributed by atoms with Gasteiger partial charge in [0.1, 0.15) is 0 Å². The van der Waals surface area contributed by atoms with Crippen LogP contribution in [-0.4, -0.2) is 0 Å². The highest BCUT2D eigenvalue weighted by atomic mass is 14.3. The van der Waals surface area contributed by atoms with Gasteiger partial charge in [-0.2, -0.15) is 0 Å². The Bertz CT molecular complexity index is 311. The molecule has 1 aromatic rings. The van der Waals surface area contributed by atoms with E-state index in [9.17, 15) is 0 Å². The summed E-state index contributed by atoms with van der Waals surface area (Å²) in [4.78, 5) is 0. The van der Waals surface area contributed by atoms with Crippen molar-refractivity contribution < 1.29 is 0 Å². The van der Waals surface area contributed by atoms with Crippen molar-refractivity contribution in [3.8, 4) is 0 Å². The molecule has 0 spiro atoms. The molecule has 0 aromatic heterocycles. The molecule has 2 unspecified atom stereocenters. The van der Waals surface area contributed by atoms with Crippen LogP contribution in [0.5, 0.6) is 0 Å². The molecule has 0 aliphatic heterocycles. The van der Waals surface area contributed by atoms with Gasteiger partial charge in [-0.25, -0.2) is 0 Å². The Balaban J connectivity index is 0. The van der Waals surface area contributed by atoms with E-state index in [1.807, 2.05) is 33.8 Å². The highest BCUT2D eigenvalue weighted by Crippen LogP contribution is 2.41. The molecule has 22 heavy (non-hydrogen) atoms. The van der Waals surface area contributed by atoms with Crippen LogP contribution in [0.3, 0.4) is 0 Å². The van der Waals surface area contributed by atoms with Crippen molar-refractivity contribution in [3.63, 3.8) is 0 Å². The Morgan fingerprint density at radius 1 is 0.864 bits per heavy atom. The molecule has 2 rings (SSSR count). The molecule has 0 bridgehead atoms.